The first-order valence-corrected chi connectivity index (χ1v) is 8.76. The second kappa shape index (κ2) is 7.37. The molecule has 1 atom stereocenters. The van der Waals surface area contributed by atoms with Gasteiger partial charge < -0.3 is 11.1 Å². The van der Waals surface area contributed by atoms with Crippen molar-refractivity contribution in [1.29, 1.82) is 0 Å². The molecule has 1 unspecified atom stereocenters. The van der Waals surface area contributed by atoms with Crippen LogP contribution in [0.5, 0.6) is 0 Å². The van der Waals surface area contributed by atoms with Crippen molar-refractivity contribution < 1.29 is 17.6 Å². The van der Waals surface area contributed by atoms with Gasteiger partial charge in [-0.05, 0) is 31.9 Å². The average molecular weight is 345 g/mol. The summed E-state index contributed by atoms with van der Waals surface area (Å²) >= 11 is 0. The van der Waals surface area contributed by atoms with Crippen LogP contribution >= 0.6 is 0 Å². The lowest BCUT2D eigenvalue weighted by Crippen LogP contribution is -2.53. The molecule has 0 saturated heterocycles. The number of amides is 1. The molecular weight excluding hydrogens is 321 g/mol. The van der Waals surface area contributed by atoms with Crippen LogP contribution in [0.2, 0.25) is 0 Å². The minimum Gasteiger partial charge on any atom is -0.353 e. The lowest BCUT2D eigenvalue weighted by molar-refractivity contribution is -0.123. The van der Waals surface area contributed by atoms with Gasteiger partial charge in [-0.25, -0.2) is 12.8 Å². The molecular formula is C15H24FN3O3S. The molecule has 1 amide bonds. The van der Waals surface area contributed by atoms with Crippen molar-refractivity contribution in [2.24, 2.45) is 11.7 Å². The Morgan fingerprint density at radius 2 is 1.87 bits per heavy atom. The second-order valence-electron chi connectivity index (χ2n) is 6.48. The van der Waals surface area contributed by atoms with E-state index in [0.29, 0.717) is 0 Å². The van der Waals surface area contributed by atoms with Gasteiger partial charge in [0.15, 0.2) is 0 Å². The zero-order valence-electron chi connectivity index (χ0n) is 13.8. The molecule has 0 aromatic heterocycles. The fourth-order valence-corrected chi connectivity index (χ4v) is 3.23. The van der Waals surface area contributed by atoms with Gasteiger partial charge in [0.2, 0.25) is 15.9 Å². The second-order valence-corrected chi connectivity index (χ2v) is 8.16. The van der Waals surface area contributed by atoms with Crippen LogP contribution in [-0.4, -0.2) is 32.5 Å². The Labute approximate surface area is 136 Å². The van der Waals surface area contributed by atoms with Gasteiger partial charge in [0, 0.05) is 12.1 Å². The molecule has 1 aromatic carbocycles. The van der Waals surface area contributed by atoms with Crippen molar-refractivity contribution in [3.63, 3.8) is 0 Å². The first-order valence-electron chi connectivity index (χ1n) is 7.27. The molecule has 4 N–H and O–H groups in total. The summed E-state index contributed by atoms with van der Waals surface area (Å²) in [4.78, 5) is 11.7. The highest BCUT2D eigenvalue weighted by atomic mass is 32.2. The summed E-state index contributed by atoms with van der Waals surface area (Å²) in [5.74, 6) is -1.69. The number of benzene rings is 1. The molecule has 0 saturated carbocycles. The molecule has 0 aliphatic heterocycles. The maximum Gasteiger partial charge on any atom is 0.244 e. The standard InChI is InChI=1S/C15H24FN3O3S/c1-10(2)13(14(20)18-9-15(3,4)17)19-23(21,22)12-8-6-5-7-11(12)16/h5-8,10,13,19H,9,17H2,1-4H3,(H,18,20). The monoisotopic (exact) mass is 345 g/mol. The van der Waals surface area contributed by atoms with E-state index in [1.165, 1.54) is 12.1 Å². The van der Waals surface area contributed by atoms with Crippen molar-refractivity contribution in [2.75, 3.05) is 6.54 Å². The number of carbonyl (C=O) groups excluding carboxylic acids is 1. The Morgan fingerprint density at radius 1 is 1.30 bits per heavy atom. The van der Waals surface area contributed by atoms with E-state index in [4.69, 9.17) is 5.73 Å². The van der Waals surface area contributed by atoms with E-state index in [9.17, 15) is 17.6 Å². The first-order chi connectivity index (χ1) is 10.4. The number of nitrogens with two attached hydrogens (primary N) is 1. The minimum atomic E-state index is -4.15. The quantitative estimate of drug-likeness (QED) is 0.686. The summed E-state index contributed by atoms with van der Waals surface area (Å²) in [6, 6.07) is 3.98. The summed E-state index contributed by atoms with van der Waals surface area (Å²) < 4.78 is 40.6. The van der Waals surface area contributed by atoms with E-state index < -0.39 is 38.2 Å². The minimum absolute atomic E-state index is 0.191. The summed E-state index contributed by atoms with van der Waals surface area (Å²) in [5, 5.41) is 2.61. The molecule has 0 aliphatic carbocycles. The molecule has 6 nitrogen and oxygen atoms in total. The Balaban J connectivity index is 2.96. The number of sulfonamides is 1. The van der Waals surface area contributed by atoms with Gasteiger partial charge >= 0.3 is 0 Å². The largest absolute Gasteiger partial charge is 0.353 e. The third-order valence-corrected chi connectivity index (χ3v) is 4.55. The topological polar surface area (TPSA) is 101 Å². The highest BCUT2D eigenvalue weighted by Crippen LogP contribution is 2.15. The fourth-order valence-electron chi connectivity index (χ4n) is 1.81. The molecule has 8 heteroatoms. The number of rotatable bonds is 7. The number of carbonyl (C=O) groups is 1. The Morgan fingerprint density at radius 3 is 2.35 bits per heavy atom. The van der Waals surface area contributed by atoms with Crippen molar-refractivity contribution in [2.45, 2.75) is 44.2 Å². The van der Waals surface area contributed by atoms with Crippen LogP contribution in [0, 0.1) is 11.7 Å². The summed E-state index contributed by atoms with van der Waals surface area (Å²) in [6.45, 7) is 7.06. The molecule has 0 spiro atoms. The molecule has 0 heterocycles. The molecule has 1 rings (SSSR count). The lowest BCUT2D eigenvalue weighted by atomic mass is 10.0. The van der Waals surface area contributed by atoms with Crippen LogP contribution in [0.15, 0.2) is 29.2 Å². The van der Waals surface area contributed by atoms with E-state index in [1.807, 2.05) is 0 Å². The molecule has 0 bridgehead atoms. The van der Waals surface area contributed by atoms with Gasteiger partial charge in [0.05, 0.1) is 0 Å². The molecule has 1 aromatic rings. The van der Waals surface area contributed by atoms with Crippen molar-refractivity contribution >= 4 is 15.9 Å². The third-order valence-electron chi connectivity index (χ3n) is 3.08. The highest BCUT2D eigenvalue weighted by Gasteiger charge is 2.30. The van der Waals surface area contributed by atoms with Crippen LogP contribution in [0.3, 0.4) is 0 Å². The Kier molecular flexibility index (Phi) is 6.26. The lowest BCUT2D eigenvalue weighted by Gasteiger charge is -2.25. The smallest absolute Gasteiger partial charge is 0.244 e. The maximum absolute atomic E-state index is 13.7. The predicted molar refractivity (Wildman–Crippen MR) is 86.6 cm³/mol. The Bertz CT molecular complexity index is 654. The molecule has 0 fully saturated rings. The third kappa shape index (κ3) is 5.89. The molecule has 23 heavy (non-hydrogen) atoms. The van der Waals surface area contributed by atoms with Crippen LogP contribution in [0.4, 0.5) is 4.39 Å². The molecule has 0 radical (unpaired) electrons. The van der Waals surface area contributed by atoms with E-state index in [-0.39, 0.29) is 12.5 Å². The number of nitrogens with one attached hydrogen (secondary N) is 2. The van der Waals surface area contributed by atoms with Gasteiger partial charge in [-0.1, -0.05) is 26.0 Å². The van der Waals surface area contributed by atoms with Crippen molar-refractivity contribution in [3.05, 3.63) is 30.1 Å². The SMILES string of the molecule is CC(C)C(NS(=O)(=O)c1ccccc1F)C(=O)NCC(C)(C)N. The van der Waals surface area contributed by atoms with Gasteiger partial charge in [-0.3, -0.25) is 4.79 Å². The van der Waals surface area contributed by atoms with Gasteiger partial charge in [0.1, 0.15) is 16.8 Å². The van der Waals surface area contributed by atoms with E-state index in [0.717, 1.165) is 12.1 Å². The van der Waals surface area contributed by atoms with Crippen LogP contribution < -0.4 is 15.8 Å². The van der Waals surface area contributed by atoms with Crippen molar-refractivity contribution in [1.82, 2.24) is 10.0 Å². The van der Waals surface area contributed by atoms with Crippen LogP contribution in [0.25, 0.3) is 0 Å². The van der Waals surface area contributed by atoms with E-state index in [1.54, 1.807) is 27.7 Å². The number of hydrogen-bond acceptors (Lipinski definition) is 4. The number of hydrogen-bond donors (Lipinski definition) is 3. The maximum atomic E-state index is 13.7. The van der Waals surface area contributed by atoms with Gasteiger partial charge in [-0.15, -0.1) is 0 Å². The van der Waals surface area contributed by atoms with Crippen molar-refractivity contribution in [3.8, 4) is 0 Å². The summed E-state index contributed by atoms with van der Waals surface area (Å²) in [5.41, 5.74) is 5.17. The zero-order valence-corrected chi connectivity index (χ0v) is 14.6. The van der Waals surface area contributed by atoms with Crippen LogP contribution in [0.1, 0.15) is 27.7 Å². The van der Waals surface area contributed by atoms with E-state index in [2.05, 4.69) is 10.0 Å². The average Bonchev–Trinajstić information content (AvgIpc) is 2.41. The zero-order chi connectivity index (χ0) is 17.8. The first kappa shape index (κ1) is 19.5. The summed E-state index contributed by atoms with van der Waals surface area (Å²) in [7, 11) is -4.15. The fraction of sp³-hybridized carbons (Fsp3) is 0.533. The van der Waals surface area contributed by atoms with E-state index >= 15 is 0 Å². The number of halogens is 1. The Hall–Kier alpha value is -1.51. The molecule has 0 aliphatic rings. The van der Waals surface area contributed by atoms with Gasteiger partial charge in [-0.2, -0.15) is 4.72 Å². The highest BCUT2D eigenvalue weighted by molar-refractivity contribution is 7.89. The van der Waals surface area contributed by atoms with Crippen LogP contribution in [-0.2, 0) is 14.8 Å². The normalized spacial score (nSPS) is 13.9. The van der Waals surface area contributed by atoms with Gasteiger partial charge in [0.25, 0.3) is 0 Å². The predicted octanol–water partition coefficient (Wildman–Crippen LogP) is 0.982. The summed E-state index contributed by atoms with van der Waals surface area (Å²) in [6.07, 6.45) is 0. The molecule has 130 valence electrons.